The van der Waals surface area contributed by atoms with Gasteiger partial charge in [-0.1, -0.05) is 18.0 Å². The summed E-state index contributed by atoms with van der Waals surface area (Å²) in [6.07, 6.45) is 4.70. The van der Waals surface area contributed by atoms with Crippen LogP contribution in [0.2, 0.25) is 5.02 Å². The number of rotatable bonds is 3. The van der Waals surface area contributed by atoms with Gasteiger partial charge in [-0.2, -0.15) is 4.73 Å². The second-order valence-electron chi connectivity index (χ2n) is 9.23. The van der Waals surface area contributed by atoms with Gasteiger partial charge in [0.05, 0.1) is 33.7 Å². The fourth-order valence-electron chi connectivity index (χ4n) is 4.72. The summed E-state index contributed by atoms with van der Waals surface area (Å²) in [7, 11) is 0. The van der Waals surface area contributed by atoms with Gasteiger partial charge >= 0.3 is 0 Å². The SMILES string of the molecule is CC(=O)c1ccc2c(c1)-c1cnc([nH]1)C(c1ccc(-c3c(F)ccc(Cl)c3F)c[n+]1[O-])CCCCC(=O)N2. The summed E-state index contributed by atoms with van der Waals surface area (Å²) in [4.78, 5) is 32.3. The monoisotopic (exact) mass is 536 g/mol. The van der Waals surface area contributed by atoms with Crippen LogP contribution in [0.1, 0.15) is 60.4 Å². The molecule has 1 aliphatic rings. The molecule has 10 heteroatoms. The molecule has 1 aliphatic heterocycles. The number of benzene rings is 2. The van der Waals surface area contributed by atoms with Crippen LogP contribution in [0.25, 0.3) is 22.4 Å². The number of carbonyl (C=O) groups is 2. The van der Waals surface area contributed by atoms with E-state index in [1.165, 1.54) is 19.1 Å². The third-order valence-electron chi connectivity index (χ3n) is 6.70. The van der Waals surface area contributed by atoms with Crippen LogP contribution in [0.5, 0.6) is 0 Å². The molecule has 4 aromatic rings. The van der Waals surface area contributed by atoms with E-state index in [9.17, 15) is 23.6 Å². The molecule has 2 N–H and O–H groups in total. The van der Waals surface area contributed by atoms with Gasteiger partial charge in [-0.15, -0.1) is 0 Å². The number of aromatic nitrogens is 3. The highest BCUT2D eigenvalue weighted by atomic mass is 35.5. The molecule has 3 heterocycles. The molecule has 194 valence electrons. The van der Waals surface area contributed by atoms with Crippen LogP contribution in [0, 0.1) is 16.8 Å². The highest BCUT2D eigenvalue weighted by Crippen LogP contribution is 2.34. The minimum atomic E-state index is -0.942. The van der Waals surface area contributed by atoms with Gasteiger partial charge in [0.2, 0.25) is 11.6 Å². The van der Waals surface area contributed by atoms with Crippen molar-refractivity contribution in [3.05, 3.63) is 93.8 Å². The Morgan fingerprint density at radius 2 is 1.97 bits per heavy atom. The van der Waals surface area contributed by atoms with Gasteiger partial charge in [0.1, 0.15) is 17.6 Å². The number of hydrogen-bond acceptors (Lipinski definition) is 4. The summed E-state index contributed by atoms with van der Waals surface area (Å²) in [5, 5.41) is 15.8. The summed E-state index contributed by atoms with van der Waals surface area (Å²) in [6, 6.07) is 10.2. The standard InChI is InChI=1S/C28H23ClF2N4O3/c1-15(36)16-6-10-22-19(12-16)23-13-32-28(34-23)18(4-2-3-5-25(37)33-22)24-11-7-17(14-35(24)38)26-21(30)9-8-20(29)27(26)31/h6-14,18H,2-5H2,1H3,(H,32,34)(H,33,37). The molecule has 0 aliphatic carbocycles. The van der Waals surface area contributed by atoms with E-state index in [1.54, 1.807) is 24.4 Å². The Kier molecular flexibility index (Phi) is 6.94. The lowest BCUT2D eigenvalue weighted by molar-refractivity contribution is -0.614. The van der Waals surface area contributed by atoms with E-state index in [0.29, 0.717) is 58.0 Å². The van der Waals surface area contributed by atoms with E-state index >= 15 is 0 Å². The summed E-state index contributed by atoms with van der Waals surface area (Å²) in [6.45, 7) is 1.46. The molecule has 7 nitrogen and oxygen atoms in total. The Hall–Kier alpha value is -4.11. The first-order valence-corrected chi connectivity index (χ1v) is 12.5. The quantitative estimate of drug-likeness (QED) is 0.142. The van der Waals surface area contributed by atoms with Crippen LogP contribution in [-0.2, 0) is 4.79 Å². The number of hydrogen-bond donors (Lipinski definition) is 2. The van der Waals surface area contributed by atoms with Crippen molar-refractivity contribution in [2.75, 3.05) is 5.32 Å². The van der Waals surface area contributed by atoms with Gasteiger partial charge in [0.15, 0.2) is 17.8 Å². The number of fused-ring (bicyclic) bond motifs is 4. The lowest BCUT2D eigenvalue weighted by Gasteiger charge is -2.17. The first-order chi connectivity index (χ1) is 18.2. The largest absolute Gasteiger partial charge is 0.618 e. The Balaban J connectivity index is 1.58. The molecular formula is C28H23ClF2N4O3. The third-order valence-corrected chi connectivity index (χ3v) is 6.99. The van der Waals surface area contributed by atoms with Crippen LogP contribution >= 0.6 is 11.6 Å². The number of pyridine rings is 1. The number of halogens is 3. The molecule has 0 spiro atoms. The second kappa shape index (κ2) is 10.3. The number of nitrogens with zero attached hydrogens (tertiary/aromatic N) is 2. The first kappa shape index (κ1) is 25.5. The number of nitrogens with one attached hydrogen (secondary N) is 2. The van der Waals surface area contributed by atoms with Crippen LogP contribution in [-0.4, -0.2) is 21.7 Å². The highest BCUT2D eigenvalue weighted by Gasteiger charge is 2.27. The zero-order valence-corrected chi connectivity index (χ0v) is 21.1. The molecule has 1 atom stereocenters. The van der Waals surface area contributed by atoms with E-state index in [-0.39, 0.29) is 34.3 Å². The van der Waals surface area contributed by atoms with Crippen LogP contribution in [0.4, 0.5) is 14.5 Å². The maximum atomic E-state index is 14.6. The van der Waals surface area contributed by atoms with Crippen LogP contribution in [0.15, 0.2) is 54.9 Å². The smallest absolute Gasteiger partial charge is 0.224 e. The van der Waals surface area contributed by atoms with E-state index in [2.05, 4.69) is 15.3 Å². The number of carbonyl (C=O) groups excluding carboxylic acids is 2. The summed E-state index contributed by atoms with van der Waals surface area (Å²) >= 11 is 5.83. The van der Waals surface area contributed by atoms with Gasteiger partial charge in [-0.25, -0.2) is 13.8 Å². The maximum absolute atomic E-state index is 14.6. The Bertz CT molecular complexity index is 1570. The minimum absolute atomic E-state index is 0.0527. The molecule has 2 aromatic heterocycles. The number of aromatic amines is 1. The van der Waals surface area contributed by atoms with Gasteiger partial charge in [-0.3, -0.25) is 9.59 Å². The Morgan fingerprint density at radius 1 is 1.16 bits per heavy atom. The zero-order chi connectivity index (χ0) is 27.0. The van der Waals surface area contributed by atoms with Crippen molar-refractivity contribution >= 4 is 29.0 Å². The third kappa shape index (κ3) is 4.89. The molecular weight excluding hydrogens is 514 g/mol. The number of imidazole rings is 1. The average molecular weight is 537 g/mol. The molecule has 5 rings (SSSR count). The number of ketones is 1. The second-order valence-corrected chi connectivity index (χ2v) is 9.64. The predicted molar refractivity (Wildman–Crippen MR) is 139 cm³/mol. The predicted octanol–water partition coefficient (Wildman–Crippen LogP) is 6.16. The van der Waals surface area contributed by atoms with Crippen molar-refractivity contribution in [2.45, 2.75) is 38.5 Å². The fourth-order valence-corrected chi connectivity index (χ4v) is 4.88. The van der Waals surface area contributed by atoms with E-state index in [0.717, 1.165) is 18.3 Å². The summed E-state index contributed by atoms with van der Waals surface area (Å²) in [5.41, 5.74) is 2.19. The molecule has 1 amide bonds. The highest BCUT2D eigenvalue weighted by molar-refractivity contribution is 6.31. The number of anilines is 1. The van der Waals surface area contributed by atoms with E-state index in [1.807, 2.05) is 0 Å². The van der Waals surface area contributed by atoms with Crippen molar-refractivity contribution in [1.82, 2.24) is 9.97 Å². The Labute approximate surface area is 222 Å². The first-order valence-electron chi connectivity index (χ1n) is 12.1. The molecule has 0 fully saturated rings. The zero-order valence-electron chi connectivity index (χ0n) is 20.4. The van der Waals surface area contributed by atoms with Crippen molar-refractivity contribution < 1.29 is 23.1 Å². The lowest BCUT2D eigenvalue weighted by Crippen LogP contribution is -2.34. The van der Waals surface area contributed by atoms with E-state index < -0.39 is 17.6 Å². The normalized spacial score (nSPS) is 15.7. The van der Waals surface area contributed by atoms with Crippen LogP contribution < -0.4 is 10.0 Å². The number of Topliss-reactive ketones (excluding diaryl/α,β-unsaturated/α-hetero) is 1. The van der Waals surface area contributed by atoms with Crippen molar-refractivity contribution in [1.29, 1.82) is 0 Å². The van der Waals surface area contributed by atoms with Crippen molar-refractivity contribution in [3.8, 4) is 22.4 Å². The van der Waals surface area contributed by atoms with Crippen molar-refractivity contribution in [2.24, 2.45) is 0 Å². The summed E-state index contributed by atoms with van der Waals surface area (Å²) in [5.74, 6) is -2.02. The number of amides is 1. The average Bonchev–Trinajstić information content (AvgIpc) is 3.37. The van der Waals surface area contributed by atoms with Gasteiger partial charge in [0.25, 0.3) is 0 Å². The maximum Gasteiger partial charge on any atom is 0.224 e. The minimum Gasteiger partial charge on any atom is -0.618 e. The number of H-pyrrole nitrogens is 1. The molecule has 2 aromatic carbocycles. The molecule has 0 saturated carbocycles. The molecule has 1 unspecified atom stereocenters. The van der Waals surface area contributed by atoms with Gasteiger partial charge < -0.3 is 15.5 Å². The van der Waals surface area contributed by atoms with Crippen molar-refractivity contribution in [3.63, 3.8) is 0 Å². The fraction of sp³-hybridized carbons (Fsp3) is 0.214. The molecule has 2 bridgehead atoms. The van der Waals surface area contributed by atoms with Gasteiger partial charge in [-0.05, 0) is 56.2 Å². The molecule has 38 heavy (non-hydrogen) atoms. The molecule has 0 saturated heterocycles. The van der Waals surface area contributed by atoms with Crippen LogP contribution in [0.3, 0.4) is 0 Å². The Morgan fingerprint density at radius 3 is 2.74 bits per heavy atom. The van der Waals surface area contributed by atoms with Gasteiger partial charge in [0, 0.05) is 23.6 Å². The topological polar surface area (TPSA) is 102 Å². The summed E-state index contributed by atoms with van der Waals surface area (Å²) < 4.78 is 29.6. The lowest BCUT2D eigenvalue weighted by atomic mass is 9.95. The molecule has 0 radical (unpaired) electrons. The van der Waals surface area contributed by atoms with E-state index in [4.69, 9.17) is 11.6 Å².